The van der Waals surface area contributed by atoms with Crippen molar-refractivity contribution in [1.29, 1.82) is 0 Å². The molecule has 0 aromatic heterocycles. The molecule has 20 heavy (non-hydrogen) atoms. The fourth-order valence-electron chi connectivity index (χ4n) is 3.60. The molecule has 2 aliphatic rings. The first kappa shape index (κ1) is 13.7. The minimum absolute atomic E-state index is 0.326. The summed E-state index contributed by atoms with van der Waals surface area (Å²) in [6.45, 7) is 3.05. The van der Waals surface area contributed by atoms with E-state index in [2.05, 4.69) is 4.90 Å². The molecule has 0 saturated carbocycles. The van der Waals surface area contributed by atoms with Crippen molar-refractivity contribution in [2.75, 3.05) is 25.4 Å². The van der Waals surface area contributed by atoms with Crippen LogP contribution in [0.25, 0.3) is 0 Å². The molecular weight excluding hydrogens is 255 g/mol. The van der Waals surface area contributed by atoms with E-state index in [1.54, 1.807) is 12.1 Å². The molecule has 0 amide bonds. The Bertz CT molecular complexity index is 464. The van der Waals surface area contributed by atoms with E-state index in [0.717, 1.165) is 0 Å². The highest BCUT2D eigenvalue weighted by Crippen LogP contribution is 2.31. The number of ether oxygens (including phenoxy) is 1. The molecular formula is C16H23FN2O. The number of nitrogen functional groups attached to an aromatic ring is 1. The van der Waals surface area contributed by atoms with Gasteiger partial charge in [0.05, 0.1) is 6.61 Å². The molecule has 0 unspecified atom stereocenters. The standard InChI is InChI=1S/C16H23FN2O/c17-14-10-13(18)6-7-16(14)20-11-12-4-3-9-19-8-2-1-5-15(12)19/h6-7,10,12,15H,1-5,8-9,11,18H2/t12-,15-/m0/s1. The lowest BCUT2D eigenvalue weighted by Gasteiger charge is -2.44. The second-order valence-corrected chi connectivity index (χ2v) is 6.00. The largest absolute Gasteiger partial charge is 0.490 e. The van der Waals surface area contributed by atoms with E-state index in [9.17, 15) is 4.39 Å². The zero-order valence-corrected chi connectivity index (χ0v) is 11.9. The van der Waals surface area contributed by atoms with E-state index < -0.39 is 0 Å². The summed E-state index contributed by atoms with van der Waals surface area (Å²) in [6.07, 6.45) is 6.31. The third-order valence-electron chi connectivity index (χ3n) is 4.64. The van der Waals surface area contributed by atoms with Crippen LogP contribution >= 0.6 is 0 Å². The molecule has 2 saturated heterocycles. The maximum atomic E-state index is 13.7. The fraction of sp³-hybridized carbons (Fsp3) is 0.625. The number of piperidine rings is 2. The summed E-state index contributed by atoms with van der Waals surface area (Å²) in [5, 5.41) is 0. The summed E-state index contributed by atoms with van der Waals surface area (Å²) in [6, 6.07) is 5.27. The van der Waals surface area contributed by atoms with Crippen molar-refractivity contribution in [2.24, 2.45) is 5.92 Å². The predicted molar refractivity (Wildman–Crippen MR) is 78.2 cm³/mol. The van der Waals surface area contributed by atoms with Crippen LogP contribution < -0.4 is 10.5 Å². The minimum Gasteiger partial charge on any atom is -0.490 e. The van der Waals surface area contributed by atoms with Gasteiger partial charge in [-0.25, -0.2) is 4.39 Å². The molecule has 2 heterocycles. The SMILES string of the molecule is Nc1ccc(OC[C@@H]2CCCN3CCCC[C@@H]23)c(F)c1. The number of hydrogen-bond donors (Lipinski definition) is 1. The van der Waals surface area contributed by atoms with Crippen molar-refractivity contribution in [2.45, 2.75) is 38.1 Å². The van der Waals surface area contributed by atoms with Crippen LogP contribution in [0.4, 0.5) is 10.1 Å². The van der Waals surface area contributed by atoms with E-state index >= 15 is 0 Å². The topological polar surface area (TPSA) is 38.5 Å². The molecule has 1 aromatic carbocycles. The Morgan fingerprint density at radius 1 is 1.20 bits per heavy atom. The van der Waals surface area contributed by atoms with Gasteiger partial charge in [0.15, 0.2) is 11.6 Å². The quantitative estimate of drug-likeness (QED) is 0.864. The van der Waals surface area contributed by atoms with E-state index in [0.29, 0.717) is 30.0 Å². The molecule has 110 valence electrons. The van der Waals surface area contributed by atoms with Gasteiger partial charge >= 0.3 is 0 Å². The van der Waals surface area contributed by atoms with Gasteiger partial charge in [-0.3, -0.25) is 4.90 Å². The average Bonchev–Trinajstić information content (AvgIpc) is 2.46. The molecule has 4 heteroatoms. The van der Waals surface area contributed by atoms with Gasteiger partial charge in [-0.1, -0.05) is 6.42 Å². The van der Waals surface area contributed by atoms with Crippen LogP contribution in [0.15, 0.2) is 18.2 Å². The minimum atomic E-state index is -0.360. The van der Waals surface area contributed by atoms with Crippen LogP contribution in [-0.2, 0) is 0 Å². The van der Waals surface area contributed by atoms with Crippen molar-refractivity contribution in [3.05, 3.63) is 24.0 Å². The van der Waals surface area contributed by atoms with Crippen LogP contribution in [0, 0.1) is 11.7 Å². The van der Waals surface area contributed by atoms with Crippen LogP contribution in [0.5, 0.6) is 5.75 Å². The molecule has 2 atom stereocenters. The van der Waals surface area contributed by atoms with E-state index in [4.69, 9.17) is 10.5 Å². The second kappa shape index (κ2) is 6.00. The second-order valence-electron chi connectivity index (χ2n) is 6.00. The first-order valence-electron chi connectivity index (χ1n) is 7.66. The lowest BCUT2D eigenvalue weighted by atomic mass is 9.84. The smallest absolute Gasteiger partial charge is 0.167 e. The zero-order chi connectivity index (χ0) is 13.9. The van der Waals surface area contributed by atoms with Crippen LogP contribution in [0.1, 0.15) is 32.1 Å². The van der Waals surface area contributed by atoms with Gasteiger partial charge in [-0.15, -0.1) is 0 Å². The first-order chi connectivity index (χ1) is 9.74. The predicted octanol–water partition coefficient (Wildman–Crippen LogP) is 3.05. The molecule has 2 N–H and O–H groups in total. The van der Waals surface area contributed by atoms with Gasteiger partial charge in [0.2, 0.25) is 0 Å². The van der Waals surface area contributed by atoms with Gasteiger partial charge in [-0.2, -0.15) is 0 Å². The lowest BCUT2D eigenvalue weighted by molar-refractivity contribution is 0.0358. The van der Waals surface area contributed by atoms with Gasteiger partial charge in [-0.05, 0) is 50.9 Å². The number of halogens is 1. The van der Waals surface area contributed by atoms with Crippen molar-refractivity contribution in [3.8, 4) is 5.75 Å². The summed E-state index contributed by atoms with van der Waals surface area (Å²) in [5.41, 5.74) is 5.99. The van der Waals surface area contributed by atoms with E-state index in [1.165, 1.54) is 51.3 Å². The molecule has 3 rings (SSSR count). The van der Waals surface area contributed by atoms with Crippen LogP contribution in [-0.4, -0.2) is 30.6 Å². The van der Waals surface area contributed by atoms with Crippen molar-refractivity contribution in [1.82, 2.24) is 4.90 Å². The third kappa shape index (κ3) is 2.90. The summed E-state index contributed by atoms with van der Waals surface area (Å²) >= 11 is 0. The molecule has 0 spiro atoms. The van der Waals surface area contributed by atoms with Crippen molar-refractivity contribution in [3.63, 3.8) is 0 Å². The van der Waals surface area contributed by atoms with Crippen molar-refractivity contribution < 1.29 is 9.13 Å². The Balaban J connectivity index is 1.62. The summed E-state index contributed by atoms with van der Waals surface area (Å²) in [7, 11) is 0. The van der Waals surface area contributed by atoms with Crippen LogP contribution in [0.3, 0.4) is 0 Å². The molecule has 0 bridgehead atoms. The van der Waals surface area contributed by atoms with E-state index in [1.807, 2.05) is 0 Å². The molecule has 0 aliphatic carbocycles. The number of fused-ring (bicyclic) bond motifs is 1. The molecule has 2 fully saturated rings. The summed E-state index contributed by atoms with van der Waals surface area (Å²) in [4.78, 5) is 2.60. The Morgan fingerprint density at radius 3 is 2.90 bits per heavy atom. The maximum absolute atomic E-state index is 13.7. The number of nitrogens with zero attached hydrogens (tertiary/aromatic N) is 1. The molecule has 2 aliphatic heterocycles. The monoisotopic (exact) mass is 278 g/mol. The average molecular weight is 278 g/mol. The highest BCUT2D eigenvalue weighted by Gasteiger charge is 2.33. The fourth-order valence-corrected chi connectivity index (χ4v) is 3.60. The highest BCUT2D eigenvalue weighted by molar-refractivity contribution is 5.42. The number of rotatable bonds is 3. The van der Waals surface area contributed by atoms with Crippen molar-refractivity contribution >= 4 is 5.69 Å². The molecule has 1 aromatic rings. The Labute approximate surface area is 119 Å². The van der Waals surface area contributed by atoms with Gasteiger partial charge < -0.3 is 10.5 Å². The Morgan fingerprint density at radius 2 is 2.05 bits per heavy atom. The van der Waals surface area contributed by atoms with Gasteiger partial charge in [0.1, 0.15) is 0 Å². The molecule has 0 radical (unpaired) electrons. The van der Waals surface area contributed by atoms with Gasteiger partial charge in [0.25, 0.3) is 0 Å². The molecule has 3 nitrogen and oxygen atoms in total. The summed E-state index contributed by atoms with van der Waals surface area (Å²) < 4.78 is 19.4. The normalized spacial score (nSPS) is 27.1. The number of benzene rings is 1. The maximum Gasteiger partial charge on any atom is 0.167 e. The lowest BCUT2D eigenvalue weighted by Crippen LogP contribution is -2.49. The third-order valence-corrected chi connectivity index (χ3v) is 4.64. The zero-order valence-electron chi connectivity index (χ0n) is 11.9. The van der Waals surface area contributed by atoms with Gasteiger partial charge in [0, 0.05) is 23.7 Å². The number of hydrogen-bond acceptors (Lipinski definition) is 3. The number of nitrogens with two attached hydrogens (primary N) is 1. The Kier molecular flexibility index (Phi) is 4.10. The van der Waals surface area contributed by atoms with Crippen LogP contribution in [0.2, 0.25) is 0 Å². The van der Waals surface area contributed by atoms with E-state index in [-0.39, 0.29) is 5.82 Å². The highest BCUT2D eigenvalue weighted by atomic mass is 19.1. The summed E-state index contributed by atoms with van der Waals surface area (Å²) in [5.74, 6) is 0.495. The number of anilines is 1. The Hall–Kier alpha value is -1.29. The first-order valence-corrected chi connectivity index (χ1v) is 7.66.